The lowest BCUT2D eigenvalue weighted by Crippen LogP contribution is -2.43. The number of hydrogen-bond acceptors (Lipinski definition) is 12. The average molecular weight is 736 g/mol. The van der Waals surface area contributed by atoms with Crippen LogP contribution < -0.4 is 25.8 Å². The van der Waals surface area contributed by atoms with E-state index in [1.165, 1.54) is 12.5 Å². The number of nitrogens with zero attached hydrogens (tertiary/aromatic N) is 7. The molecule has 17 heteroatoms. The van der Waals surface area contributed by atoms with E-state index < -0.39 is 51.8 Å². The van der Waals surface area contributed by atoms with Gasteiger partial charge in [-0.05, 0) is 44.4 Å². The van der Waals surface area contributed by atoms with Crippen molar-refractivity contribution < 1.29 is 31.4 Å². The molecule has 5 aromatic rings. The highest BCUT2D eigenvalue weighted by molar-refractivity contribution is 7.23. The lowest BCUT2D eigenvalue weighted by Gasteiger charge is -2.32. The van der Waals surface area contributed by atoms with Gasteiger partial charge in [0.15, 0.2) is 5.82 Å². The molecule has 8 rings (SSSR count). The molecule has 3 aliphatic rings. The molecule has 268 valence electrons. The number of halogens is 5. The number of alkyl halides is 3. The van der Waals surface area contributed by atoms with E-state index in [0.717, 1.165) is 37.1 Å². The quantitative estimate of drug-likeness (QED) is 0.140. The van der Waals surface area contributed by atoms with Gasteiger partial charge >= 0.3 is 12.2 Å². The van der Waals surface area contributed by atoms with E-state index >= 15 is 22.0 Å². The van der Waals surface area contributed by atoms with Crippen molar-refractivity contribution in [1.82, 2.24) is 24.8 Å². The molecule has 0 aliphatic carbocycles. The lowest BCUT2D eigenvalue weighted by atomic mass is 9.91. The summed E-state index contributed by atoms with van der Waals surface area (Å²) in [5.74, 6) is -2.89. The van der Waals surface area contributed by atoms with Crippen molar-refractivity contribution in [3.05, 3.63) is 65.1 Å². The fourth-order valence-corrected chi connectivity index (χ4v) is 8.88. The third-order valence-corrected chi connectivity index (χ3v) is 11.3. The van der Waals surface area contributed by atoms with Crippen LogP contribution in [0.1, 0.15) is 48.9 Å². The first-order valence-electron chi connectivity index (χ1n) is 16.4. The predicted octanol–water partition coefficient (Wildman–Crippen LogP) is 6.77. The molecule has 2 fully saturated rings. The van der Waals surface area contributed by atoms with E-state index in [0.29, 0.717) is 29.9 Å². The van der Waals surface area contributed by atoms with Gasteiger partial charge in [0.2, 0.25) is 0 Å². The fourth-order valence-electron chi connectivity index (χ4n) is 7.93. The number of aromatic nitrogens is 4. The van der Waals surface area contributed by atoms with Crippen molar-refractivity contribution >= 4 is 49.0 Å². The molecule has 3 aliphatic heterocycles. The number of nitriles is 1. The molecule has 0 radical (unpaired) electrons. The van der Waals surface area contributed by atoms with Crippen molar-refractivity contribution in [2.24, 2.45) is 0 Å². The summed E-state index contributed by atoms with van der Waals surface area (Å²) >= 11 is 0.682. The first-order valence-corrected chi connectivity index (χ1v) is 17.2. The van der Waals surface area contributed by atoms with Crippen molar-refractivity contribution in [3.8, 4) is 29.0 Å². The number of ether oxygens (including phenoxy) is 2. The first-order chi connectivity index (χ1) is 24.8. The molecule has 2 saturated heterocycles. The Hall–Kier alpha value is -5.34. The SMILES string of the molecule is C=C1CN2CCC[C@@]2(COc2nc3c4c(c(C(F)(F)F)c(-c5ccc(F)c6sc(N)c(C#N)c56)c(F)c4n2)OCCN3[C@H](C)c2cncnc2N)C1. The van der Waals surface area contributed by atoms with Crippen molar-refractivity contribution in [1.29, 1.82) is 5.26 Å². The van der Waals surface area contributed by atoms with Gasteiger partial charge in [0, 0.05) is 29.3 Å². The molecule has 0 spiro atoms. The van der Waals surface area contributed by atoms with Gasteiger partial charge in [-0.15, -0.1) is 11.3 Å². The average Bonchev–Trinajstić information content (AvgIpc) is 3.70. The van der Waals surface area contributed by atoms with Crippen molar-refractivity contribution in [3.63, 3.8) is 0 Å². The Balaban J connectivity index is 1.42. The molecule has 11 nitrogen and oxygen atoms in total. The van der Waals surface area contributed by atoms with Crippen LogP contribution in [0.15, 0.2) is 36.8 Å². The van der Waals surface area contributed by atoms with Crippen LogP contribution in [0.2, 0.25) is 0 Å². The second kappa shape index (κ2) is 12.1. The van der Waals surface area contributed by atoms with Crippen LogP contribution in [0.25, 0.3) is 32.1 Å². The summed E-state index contributed by atoms with van der Waals surface area (Å²) in [5.41, 5.74) is 9.68. The summed E-state index contributed by atoms with van der Waals surface area (Å²) in [6.45, 7) is 7.28. The zero-order chi connectivity index (χ0) is 36.7. The lowest BCUT2D eigenvalue weighted by molar-refractivity contribution is -0.138. The molecule has 2 atom stereocenters. The molecule has 52 heavy (non-hydrogen) atoms. The summed E-state index contributed by atoms with van der Waals surface area (Å²) in [7, 11) is 0. The van der Waals surface area contributed by atoms with Crippen LogP contribution in [0.3, 0.4) is 0 Å². The third kappa shape index (κ3) is 5.14. The number of thiophene rings is 1. The molecule has 6 heterocycles. The van der Waals surface area contributed by atoms with E-state index in [2.05, 4.69) is 31.4 Å². The Labute approximate surface area is 297 Å². The Kier molecular flexibility index (Phi) is 7.88. The highest BCUT2D eigenvalue weighted by atomic mass is 32.1. The molecule has 4 N–H and O–H groups in total. The second-order valence-electron chi connectivity index (χ2n) is 13.2. The van der Waals surface area contributed by atoms with Gasteiger partial charge in [0.25, 0.3) is 0 Å². The van der Waals surface area contributed by atoms with E-state index in [4.69, 9.17) is 20.9 Å². The Bertz CT molecular complexity index is 2360. The summed E-state index contributed by atoms with van der Waals surface area (Å²) in [4.78, 5) is 21.1. The minimum atomic E-state index is -5.21. The zero-order valence-corrected chi connectivity index (χ0v) is 28.5. The van der Waals surface area contributed by atoms with Gasteiger partial charge in [-0.25, -0.2) is 18.7 Å². The van der Waals surface area contributed by atoms with Gasteiger partial charge < -0.3 is 25.8 Å². The molecule has 0 saturated carbocycles. The van der Waals surface area contributed by atoms with Crippen molar-refractivity contribution in [2.75, 3.05) is 49.2 Å². The van der Waals surface area contributed by atoms with E-state index in [1.54, 1.807) is 11.8 Å². The summed E-state index contributed by atoms with van der Waals surface area (Å²) in [5, 5.41) is 9.20. The van der Waals surface area contributed by atoms with Gasteiger partial charge in [-0.3, -0.25) is 4.90 Å². The number of nitrogen functional groups attached to an aromatic ring is 2. The van der Waals surface area contributed by atoms with Gasteiger partial charge in [0.1, 0.15) is 64.9 Å². The topological polar surface area (TPSA) is 152 Å². The summed E-state index contributed by atoms with van der Waals surface area (Å²) in [6.07, 6.45) is -0.0196. The van der Waals surface area contributed by atoms with E-state index in [-0.39, 0.29) is 69.0 Å². The fraction of sp³-hybridized carbons (Fsp3) is 0.343. The Morgan fingerprint density at radius 1 is 1.19 bits per heavy atom. The van der Waals surface area contributed by atoms with Crippen LogP contribution in [0.4, 0.5) is 38.6 Å². The predicted molar refractivity (Wildman–Crippen MR) is 185 cm³/mol. The standard InChI is InChI=1S/C35H30F5N9O2S/c1-16-10-34(6-3-7-48(34)13-16)14-51-33-46-27-24-28(50-9-8-49(32(24)47-33)17(2)20-12-44-15-45-30(20)42)25(35(38,39)40)23(26(27)37)18-4-5-21(36)29-22(18)19(11-41)31(43)52-29/h4-5,12,15,17H,1,3,6-10,13-14,43H2,2H3,(H2,42,44,45)/t17-,34+/m1/s1. The second-order valence-corrected chi connectivity index (χ2v) is 14.3. The maximum absolute atomic E-state index is 17.4. The maximum atomic E-state index is 17.4. The zero-order valence-electron chi connectivity index (χ0n) is 27.7. The molecule has 0 unspecified atom stereocenters. The monoisotopic (exact) mass is 735 g/mol. The molecular weight excluding hydrogens is 706 g/mol. The molecule has 2 aromatic carbocycles. The summed E-state index contributed by atoms with van der Waals surface area (Å²) in [6, 6.07) is 2.81. The van der Waals surface area contributed by atoms with Crippen LogP contribution in [0, 0.1) is 23.0 Å². The third-order valence-electron chi connectivity index (χ3n) is 10.2. The van der Waals surface area contributed by atoms with Crippen molar-refractivity contribution in [2.45, 2.75) is 43.9 Å². The molecular formula is C35H30F5N9O2S. The number of fused-ring (bicyclic) bond motifs is 2. The van der Waals surface area contributed by atoms with Crippen LogP contribution in [0.5, 0.6) is 11.8 Å². The van der Waals surface area contributed by atoms with E-state index in [9.17, 15) is 5.26 Å². The Morgan fingerprint density at radius 2 is 2.00 bits per heavy atom. The van der Waals surface area contributed by atoms with Gasteiger partial charge in [-0.1, -0.05) is 18.2 Å². The molecule has 0 amide bonds. The largest absolute Gasteiger partial charge is 0.490 e. The van der Waals surface area contributed by atoms with Crippen LogP contribution in [-0.4, -0.2) is 63.2 Å². The minimum absolute atomic E-state index is 0.0119. The number of nitrogens with two attached hydrogens (primary N) is 2. The Morgan fingerprint density at radius 3 is 2.75 bits per heavy atom. The minimum Gasteiger partial charge on any atom is -0.490 e. The normalized spacial score (nSPS) is 19.5. The van der Waals surface area contributed by atoms with Gasteiger partial charge in [0.05, 0.1) is 33.8 Å². The maximum Gasteiger partial charge on any atom is 0.420 e. The number of anilines is 3. The summed E-state index contributed by atoms with van der Waals surface area (Å²) < 4.78 is 90.7. The highest BCUT2D eigenvalue weighted by Crippen LogP contribution is 2.54. The molecule has 3 aromatic heterocycles. The number of rotatable bonds is 6. The van der Waals surface area contributed by atoms with Gasteiger partial charge in [-0.2, -0.15) is 28.4 Å². The number of hydrogen-bond donors (Lipinski definition) is 2. The highest BCUT2D eigenvalue weighted by Gasteiger charge is 2.47. The number of benzene rings is 2. The first kappa shape index (κ1) is 33.8. The molecule has 0 bridgehead atoms. The van der Waals surface area contributed by atoms with Crippen LogP contribution in [-0.2, 0) is 6.18 Å². The van der Waals surface area contributed by atoms with E-state index in [1.807, 2.05) is 6.07 Å². The smallest absolute Gasteiger partial charge is 0.420 e. The van der Waals surface area contributed by atoms with Crippen LogP contribution >= 0.6 is 11.3 Å².